The summed E-state index contributed by atoms with van der Waals surface area (Å²) in [5.41, 5.74) is 0. The molecule has 0 fully saturated rings. The van der Waals surface area contributed by atoms with Crippen molar-refractivity contribution in [2.24, 2.45) is 0 Å². The molecule has 1 atom stereocenters. The second kappa shape index (κ2) is 7.19. The Bertz CT molecular complexity index is 350. The van der Waals surface area contributed by atoms with E-state index in [1.54, 1.807) is 0 Å². The molecule has 0 aromatic heterocycles. The molecule has 0 radical (unpaired) electrons. The van der Waals surface area contributed by atoms with Gasteiger partial charge >= 0.3 is 0 Å². The van der Waals surface area contributed by atoms with Crippen molar-refractivity contribution in [1.29, 1.82) is 0 Å². The first kappa shape index (κ1) is 14.7. The lowest BCUT2D eigenvalue weighted by molar-refractivity contribution is -0.140. The predicted molar refractivity (Wildman–Crippen MR) is 74.4 cm³/mol. The van der Waals surface area contributed by atoms with Crippen LogP contribution in [0.25, 0.3) is 0 Å². The van der Waals surface area contributed by atoms with Gasteiger partial charge in [0.15, 0.2) is 0 Å². The predicted octanol–water partition coefficient (Wildman–Crippen LogP) is -0.168. The number of unbranched alkanes of at least 4 members (excludes halogenated alkanes) is 1. The molecule has 6 heteroatoms. The van der Waals surface area contributed by atoms with E-state index in [9.17, 15) is 14.4 Å². The normalized spacial score (nSPS) is 16.2. The van der Waals surface area contributed by atoms with Gasteiger partial charge in [-0.15, -0.1) is 0 Å². The monoisotopic (exact) mass is 247 g/mol. The van der Waals surface area contributed by atoms with Crippen LogP contribution in [0.1, 0.15) is 32.6 Å². The molecule has 0 saturated heterocycles. The van der Waals surface area contributed by atoms with Gasteiger partial charge in [0, 0.05) is 24.6 Å². The molecular formula is C12H19B2NO3. The quantitative estimate of drug-likeness (QED) is 0.442. The van der Waals surface area contributed by atoms with Crippen LogP contribution in [-0.4, -0.2) is 43.4 Å². The van der Waals surface area contributed by atoms with Crippen LogP contribution >= 0.6 is 0 Å². The molecule has 1 aliphatic rings. The fourth-order valence-electron chi connectivity index (χ4n) is 2.18. The van der Waals surface area contributed by atoms with Crippen molar-refractivity contribution in [3.63, 3.8) is 0 Å². The number of hydrogen-bond acceptors (Lipinski definition) is 3. The van der Waals surface area contributed by atoms with Crippen molar-refractivity contribution >= 4 is 32.5 Å². The van der Waals surface area contributed by atoms with Crippen molar-refractivity contribution in [3.05, 3.63) is 12.2 Å². The maximum absolute atomic E-state index is 11.7. The molecule has 0 bridgehead atoms. The molecule has 1 rings (SSSR count). The first-order valence-electron chi connectivity index (χ1n) is 6.67. The molecule has 4 nitrogen and oxygen atoms in total. The van der Waals surface area contributed by atoms with Crippen molar-refractivity contribution in [1.82, 2.24) is 4.90 Å². The minimum atomic E-state index is -0.287. The van der Waals surface area contributed by atoms with Crippen LogP contribution in [0.5, 0.6) is 0 Å². The fourth-order valence-corrected chi connectivity index (χ4v) is 2.18. The van der Waals surface area contributed by atoms with E-state index in [2.05, 4.69) is 6.92 Å². The number of imide groups is 1. The highest BCUT2D eigenvalue weighted by molar-refractivity contribution is 6.90. The van der Waals surface area contributed by atoms with Crippen molar-refractivity contribution in [2.75, 3.05) is 0 Å². The first-order chi connectivity index (χ1) is 8.60. The van der Waals surface area contributed by atoms with Gasteiger partial charge in [-0.25, -0.2) is 0 Å². The Hall–Kier alpha value is -1.32. The Morgan fingerprint density at radius 2 is 2.00 bits per heavy atom. The number of rotatable bonds is 8. The third kappa shape index (κ3) is 3.86. The summed E-state index contributed by atoms with van der Waals surface area (Å²) >= 11 is 0. The van der Waals surface area contributed by atoms with Gasteiger partial charge in [0.05, 0.1) is 14.9 Å². The fraction of sp³-hybridized carbons (Fsp3) is 0.583. The lowest BCUT2D eigenvalue weighted by Gasteiger charge is -2.25. The Kier molecular flexibility index (Phi) is 5.89. The van der Waals surface area contributed by atoms with E-state index in [4.69, 9.17) is 0 Å². The number of carbonyl (C=O) groups excluding carboxylic acids is 3. The lowest BCUT2D eigenvalue weighted by atomic mass is 9.52. The molecule has 0 aromatic rings. The molecular weight excluding hydrogens is 228 g/mol. The smallest absolute Gasteiger partial charge is 0.253 e. The van der Waals surface area contributed by atoms with E-state index < -0.39 is 0 Å². The minimum Gasteiger partial charge on any atom is -0.300 e. The van der Waals surface area contributed by atoms with Gasteiger partial charge in [-0.3, -0.25) is 14.5 Å². The van der Waals surface area contributed by atoms with Crippen LogP contribution in [0.4, 0.5) is 0 Å². The zero-order valence-electron chi connectivity index (χ0n) is 11.1. The van der Waals surface area contributed by atoms with Crippen molar-refractivity contribution < 1.29 is 14.4 Å². The summed E-state index contributed by atoms with van der Waals surface area (Å²) in [4.78, 5) is 36.2. The second-order valence-electron chi connectivity index (χ2n) is 4.67. The van der Waals surface area contributed by atoms with E-state index >= 15 is 0 Å². The van der Waals surface area contributed by atoms with Crippen LogP contribution in [-0.2, 0) is 14.4 Å². The van der Waals surface area contributed by atoms with Crippen LogP contribution < -0.4 is 0 Å². The Morgan fingerprint density at radius 1 is 1.39 bits per heavy atom. The van der Waals surface area contributed by atoms with Crippen molar-refractivity contribution in [2.45, 2.75) is 45.0 Å². The summed E-state index contributed by atoms with van der Waals surface area (Å²) in [6.45, 7) is 2.05. The van der Waals surface area contributed by atoms with Gasteiger partial charge in [-0.05, 0) is 12.7 Å². The third-order valence-electron chi connectivity index (χ3n) is 3.09. The topological polar surface area (TPSA) is 54.5 Å². The van der Waals surface area contributed by atoms with Gasteiger partial charge in [0.1, 0.15) is 5.78 Å². The number of hydrogen-bond donors (Lipinski definition) is 0. The number of carbonyl (C=O) groups is 3. The van der Waals surface area contributed by atoms with Gasteiger partial charge in [0.25, 0.3) is 11.8 Å². The number of Topliss-reactive ketones (excluding diaryl/α,β-unsaturated/α-hetero) is 1. The first-order valence-corrected chi connectivity index (χ1v) is 6.67. The molecule has 0 aliphatic carbocycles. The summed E-state index contributed by atoms with van der Waals surface area (Å²) in [5.74, 6) is -0.443. The molecule has 18 heavy (non-hydrogen) atoms. The molecule has 1 heterocycles. The highest BCUT2D eigenvalue weighted by atomic mass is 16.2. The number of nitrogens with zero attached hydrogens (tertiary/aromatic N) is 1. The standard InChI is InChI=1S/C12H19B2NO3/c1-2-3-4-9(7-10(16)8-14-13)15-11(17)5-6-12(15)18/h5-6,9,14H,2-4,7-8,13H2,1H3. The summed E-state index contributed by atoms with van der Waals surface area (Å²) < 4.78 is 0. The molecule has 1 aliphatic heterocycles. The highest BCUT2D eigenvalue weighted by Gasteiger charge is 2.31. The lowest BCUT2D eigenvalue weighted by Crippen LogP contribution is -2.41. The molecule has 96 valence electrons. The van der Waals surface area contributed by atoms with Gasteiger partial charge in [-0.2, -0.15) is 0 Å². The Morgan fingerprint density at radius 3 is 2.50 bits per heavy atom. The average Bonchev–Trinajstić information content (AvgIpc) is 2.65. The van der Waals surface area contributed by atoms with Crippen LogP contribution in [0.15, 0.2) is 12.2 Å². The van der Waals surface area contributed by atoms with Gasteiger partial charge in [-0.1, -0.05) is 19.8 Å². The van der Waals surface area contributed by atoms with E-state index in [-0.39, 0.29) is 23.6 Å². The van der Waals surface area contributed by atoms with Crippen molar-refractivity contribution in [3.8, 4) is 0 Å². The van der Waals surface area contributed by atoms with Crippen LogP contribution in [0.2, 0.25) is 6.32 Å². The van der Waals surface area contributed by atoms with E-state index in [0.29, 0.717) is 19.2 Å². The summed E-state index contributed by atoms with van der Waals surface area (Å²) in [5, 5.41) is 0. The largest absolute Gasteiger partial charge is 0.300 e. The minimum absolute atomic E-state index is 0.131. The zero-order valence-corrected chi connectivity index (χ0v) is 11.1. The Labute approximate surface area is 109 Å². The van der Waals surface area contributed by atoms with E-state index in [0.717, 1.165) is 20.0 Å². The number of ketones is 1. The molecule has 1 unspecified atom stereocenters. The zero-order chi connectivity index (χ0) is 13.5. The van der Waals surface area contributed by atoms with E-state index in [1.165, 1.54) is 17.1 Å². The van der Waals surface area contributed by atoms with Crippen LogP contribution in [0, 0.1) is 0 Å². The summed E-state index contributed by atoms with van der Waals surface area (Å²) in [6, 6.07) is -0.265. The maximum Gasteiger partial charge on any atom is 0.253 e. The Balaban J connectivity index is 2.68. The molecule has 0 N–H and O–H groups in total. The highest BCUT2D eigenvalue weighted by Crippen LogP contribution is 2.18. The van der Waals surface area contributed by atoms with Gasteiger partial charge < -0.3 is 4.79 Å². The molecule has 0 spiro atoms. The average molecular weight is 247 g/mol. The SMILES string of the molecule is BBCC(=O)CC(CCCC)N1C(=O)C=CC1=O. The van der Waals surface area contributed by atoms with Crippen LogP contribution in [0.3, 0.4) is 0 Å². The molecule has 2 amide bonds. The van der Waals surface area contributed by atoms with Gasteiger partial charge in [0.2, 0.25) is 0 Å². The second-order valence-corrected chi connectivity index (χ2v) is 4.67. The summed E-state index contributed by atoms with van der Waals surface area (Å²) in [6.07, 6.45) is 6.00. The van der Waals surface area contributed by atoms with E-state index in [1.807, 2.05) is 7.74 Å². The third-order valence-corrected chi connectivity index (χ3v) is 3.09. The molecule has 0 aromatic carbocycles. The maximum atomic E-state index is 11.7. The number of amides is 2. The summed E-state index contributed by atoms with van der Waals surface area (Å²) in [7, 11) is 2.76. The molecule has 0 saturated carbocycles.